The van der Waals surface area contributed by atoms with Gasteiger partial charge in [0.1, 0.15) is 11.6 Å². The van der Waals surface area contributed by atoms with Crippen LogP contribution >= 0.6 is 11.6 Å². The van der Waals surface area contributed by atoms with Crippen molar-refractivity contribution < 1.29 is 0 Å². The first-order valence-electron chi connectivity index (χ1n) is 6.27. The smallest absolute Gasteiger partial charge is 0.266 e. The number of nitriles is 1. The van der Waals surface area contributed by atoms with Gasteiger partial charge in [0.15, 0.2) is 0 Å². The van der Waals surface area contributed by atoms with Gasteiger partial charge in [0.25, 0.3) is 5.56 Å². The zero-order chi connectivity index (χ0) is 14.9. The van der Waals surface area contributed by atoms with Crippen molar-refractivity contribution >= 4 is 11.6 Å². The van der Waals surface area contributed by atoms with Gasteiger partial charge in [-0.15, -0.1) is 0 Å². The fourth-order valence-corrected chi connectivity index (χ4v) is 2.17. The van der Waals surface area contributed by atoms with Crippen molar-refractivity contribution in [1.29, 1.82) is 5.26 Å². The van der Waals surface area contributed by atoms with Gasteiger partial charge < -0.3 is 4.98 Å². The van der Waals surface area contributed by atoms with E-state index in [-0.39, 0.29) is 16.5 Å². The van der Waals surface area contributed by atoms with E-state index in [1.165, 1.54) is 0 Å². The molecule has 0 fully saturated rings. The van der Waals surface area contributed by atoms with Crippen molar-refractivity contribution in [3.63, 3.8) is 0 Å². The number of hydrogen-bond acceptors (Lipinski definition) is 2. The Morgan fingerprint density at radius 2 is 1.80 bits per heavy atom. The van der Waals surface area contributed by atoms with E-state index in [4.69, 9.17) is 11.6 Å². The number of aromatic amines is 1. The lowest BCUT2D eigenvalue weighted by Crippen LogP contribution is -2.22. The van der Waals surface area contributed by atoms with E-state index in [2.05, 4.69) is 4.98 Å². The third kappa shape index (κ3) is 2.76. The second-order valence-corrected chi connectivity index (χ2v) is 6.11. The summed E-state index contributed by atoms with van der Waals surface area (Å²) in [5, 5.41) is 9.81. The van der Waals surface area contributed by atoms with Crippen LogP contribution in [0.1, 0.15) is 31.9 Å². The van der Waals surface area contributed by atoms with Crippen LogP contribution in [0.15, 0.2) is 35.1 Å². The molecular formula is C16H15ClN2O. The number of rotatable bonds is 1. The van der Waals surface area contributed by atoms with Crippen molar-refractivity contribution in [1.82, 2.24) is 4.98 Å². The molecule has 102 valence electrons. The normalized spacial score (nSPS) is 11.2. The lowest BCUT2D eigenvalue weighted by atomic mass is 9.84. The van der Waals surface area contributed by atoms with Gasteiger partial charge >= 0.3 is 0 Å². The van der Waals surface area contributed by atoms with E-state index >= 15 is 0 Å². The highest BCUT2D eigenvalue weighted by Crippen LogP contribution is 2.27. The highest BCUT2D eigenvalue weighted by Gasteiger charge is 2.21. The van der Waals surface area contributed by atoms with Gasteiger partial charge in [-0.05, 0) is 34.7 Å². The summed E-state index contributed by atoms with van der Waals surface area (Å²) in [6, 6.07) is 11.1. The summed E-state index contributed by atoms with van der Waals surface area (Å²) >= 11 is 5.87. The number of pyridine rings is 1. The second-order valence-electron chi connectivity index (χ2n) is 5.67. The lowest BCUT2D eigenvalue weighted by molar-refractivity contribution is 0.587. The first kappa shape index (κ1) is 14.4. The minimum Gasteiger partial charge on any atom is -0.321 e. The Balaban J connectivity index is 2.69. The summed E-state index contributed by atoms with van der Waals surface area (Å²) in [4.78, 5) is 14.8. The van der Waals surface area contributed by atoms with E-state index in [1.807, 2.05) is 45.0 Å². The molecule has 0 bridgehead atoms. The topological polar surface area (TPSA) is 56.6 Å². The van der Waals surface area contributed by atoms with Crippen LogP contribution in [-0.2, 0) is 5.41 Å². The Hall–Kier alpha value is -2.05. The molecule has 0 aliphatic rings. The van der Waals surface area contributed by atoms with Gasteiger partial charge in [-0.1, -0.05) is 44.5 Å². The highest BCUT2D eigenvalue weighted by atomic mass is 35.5. The number of benzene rings is 1. The first-order valence-corrected chi connectivity index (χ1v) is 6.64. The highest BCUT2D eigenvalue weighted by molar-refractivity contribution is 6.30. The molecule has 0 saturated heterocycles. The molecule has 0 saturated carbocycles. The van der Waals surface area contributed by atoms with Crippen molar-refractivity contribution in [3.05, 3.63) is 56.8 Å². The number of aromatic nitrogens is 1. The first-order chi connectivity index (χ1) is 9.32. The fourth-order valence-electron chi connectivity index (χ4n) is 2.05. The van der Waals surface area contributed by atoms with Gasteiger partial charge in [0.2, 0.25) is 0 Å². The van der Waals surface area contributed by atoms with Crippen LogP contribution in [0.25, 0.3) is 11.3 Å². The average Bonchev–Trinajstić information content (AvgIpc) is 2.37. The third-order valence-corrected chi connectivity index (χ3v) is 3.36. The molecule has 1 heterocycles. The zero-order valence-corrected chi connectivity index (χ0v) is 12.4. The monoisotopic (exact) mass is 286 g/mol. The minimum atomic E-state index is -0.357. The van der Waals surface area contributed by atoms with E-state index in [9.17, 15) is 10.1 Å². The standard InChI is InChI=1S/C16H15ClN2O/c1-16(2,3)13-8-14(19-15(20)12(13)9-18)10-4-6-11(17)7-5-10/h4-8H,1-3H3,(H,19,20). The predicted octanol–water partition coefficient (Wildman–Crippen LogP) is 3.86. The Kier molecular flexibility index (Phi) is 3.69. The van der Waals surface area contributed by atoms with Crippen molar-refractivity contribution in [2.45, 2.75) is 26.2 Å². The predicted molar refractivity (Wildman–Crippen MR) is 80.9 cm³/mol. The number of nitrogens with zero attached hydrogens (tertiary/aromatic N) is 1. The summed E-state index contributed by atoms with van der Waals surface area (Å²) in [7, 11) is 0. The van der Waals surface area contributed by atoms with Crippen LogP contribution in [-0.4, -0.2) is 4.98 Å². The molecule has 3 nitrogen and oxygen atoms in total. The summed E-state index contributed by atoms with van der Waals surface area (Å²) < 4.78 is 0. The van der Waals surface area contributed by atoms with Crippen molar-refractivity contribution in [3.8, 4) is 17.3 Å². The average molecular weight is 287 g/mol. The zero-order valence-electron chi connectivity index (χ0n) is 11.6. The van der Waals surface area contributed by atoms with Gasteiger partial charge in [0.05, 0.1) is 0 Å². The summed E-state index contributed by atoms with van der Waals surface area (Å²) in [5.74, 6) is 0. The summed E-state index contributed by atoms with van der Waals surface area (Å²) in [5.41, 5.74) is 1.84. The summed E-state index contributed by atoms with van der Waals surface area (Å²) in [6.07, 6.45) is 0. The Bertz CT molecular complexity index is 731. The van der Waals surface area contributed by atoms with Crippen LogP contribution in [0.2, 0.25) is 5.02 Å². The quantitative estimate of drug-likeness (QED) is 0.865. The molecule has 0 radical (unpaired) electrons. The van der Waals surface area contributed by atoms with Crippen LogP contribution < -0.4 is 5.56 Å². The van der Waals surface area contributed by atoms with E-state index in [1.54, 1.807) is 12.1 Å². The molecule has 0 amide bonds. The van der Waals surface area contributed by atoms with Crippen molar-refractivity contribution in [2.24, 2.45) is 0 Å². The number of halogens is 1. The van der Waals surface area contributed by atoms with Gasteiger partial charge in [-0.3, -0.25) is 4.79 Å². The molecule has 0 spiro atoms. The molecule has 1 aromatic heterocycles. The molecule has 1 N–H and O–H groups in total. The minimum absolute atomic E-state index is 0.176. The van der Waals surface area contributed by atoms with Crippen molar-refractivity contribution in [2.75, 3.05) is 0 Å². The summed E-state index contributed by atoms with van der Waals surface area (Å²) in [6.45, 7) is 5.94. The molecular weight excluding hydrogens is 272 g/mol. The molecule has 20 heavy (non-hydrogen) atoms. The van der Waals surface area contributed by atoms with Crippen LogP contribution in [0, 0.1) is 11.3 Å². The molecule has 2 rings (SSSR count). The van der Waals surface area contributed by atoms with Crippen LogP contribution in [0.5, 0.6) is 0 Å². The molecule has 0 aliphatic carbocycles. The number of nitrogens with one attached hydrogen (secondary N) is 1. The SMILES string of the molecule is CC(C)(C)c1cc(-c2ccc(Cl)cc2)[nH]c(=O)c1C#N. The van der Waals surface area contributed by atoms with E-state index in [0.717, 1.165) is 11.1 Å². The largest absolute Gasteiger partial charge is 0.321 e. The molecule has 2 aromatic rings. The number of hydrogen-bond donors (Lipinski definition) is 1. The molecule has 0 aliphatic heterocycles. The maximum Gasteiger partial charge on any atom is 0.266 e. The Labute approximate surface area is 122 Å². The maximum absolute atomic E-state index is 12.1. The van der Waals surface area contributed by atoms with E-state index < -0.39 is 0 Å². The molecule has 4 heteroatoms. The van der Waals surface area contributed by atoms with Crippen LogP contribution in [0.3, 0.4) is 0 Å². The second kappa shape index (κ2) is 5.15. The molecule has 0 atom stereocenters. The van der Waals surface area contributed by atoms with Crippen LogP contribution in [0.4, 0.5) is 0 Å². The van der Waals surface area contributed by atoms with Gasteiger partial charge in [-0.25, -0.2) is 0 Å². The fraction of sp³-hybridized carbons (Fsp3) is 0.250. The van der Waals surface area contributed by atoms with Gasteiger partial charge in [0, 0.05) is 10.7 Å². The Morgan fingerprint density at radius 1 is 1.20 bits per heavy atom. The maximum atomic E-state index is 12.1. The lowest BCUT2D eigenvalue weighted by Gasteiger charge is -2.21. The molecule has 0 unspecified atom stereocenters. The van der Waals surface area contributed by atoms with Gasteiger partial charge in [-0.2, -0.15) is 5.26 Å². The Morgan fingerprint density at radius 3 is 2.30 bits per heavy atom. The molecule has 1 aromatic carbocycles. The third-order valence-electron chi connectivity index (χ3n) is 3.11. The number of H-pyrrole nitrogens is 1. The van der Waals surface area contributed by atoms with E-state index in [0.29, 0.717) is 10.7 Å².